The Morgan fingerprint density at radius 1 is 1.02 bits per heavy atom. The second-order valence-electron chi connectivity index (χ2n) is 10.9. The van der Waals surface area contributed by atoms with E-state index in [-0.39, 0.29) is 42.4 Å². The third-order valence-electron chi connectivity index (χ3n) is 7.79. The first-order valence-electron chi connectivity index (χ1n) is 13.9. The smallest absolute Gasteiger partial charge is 0.343 e. The average molecular weight is 565 g/mol. The maximum atomic E-state index is 13.7. The van der Waals surface area contributed by atoms with E-state index in [9.17, 15) is 18.0 Å². The monoisotopic (exact) mass is 564 g/mol. The molecule has 9 nitrogen and oxygen atoms in total. The van der Waals surface area contributed by atoms with Gasteiger partial charge < -0.3 is 4.74 Å². The van der Waals surface area contributed by atoms with Gasteiger partial charge in [0.15, 0.2) is 5.82 Å². The van der Waals surface area contributed by atoms with Crippen molar-refractivity contribution in [2.24, 2.45) is 11.8 Å². The van der Waals surface area contributed by atoms with Crippen LogP contribution in [0.2, 0.25) is 0 Å². The van der Waals surface area contributed by atoms with E-state index in [0.29, 0.717) is 22.2 Å². The molecule has 0 saturated heterocycles. The van der Waals surface area contributed by atoms with Gasteiger partial charge in [-0.25, -0.2) is 17.9 Å². The third kappa shape index (κ3) is 5.12. The van der Waals surface area contributed by atoms with Crippen LogP contribution in [0, 0.1) is 11.8 Å². The predicted molar refractivity (Wildman–Crippen MR) is 153 cm³/mol. The highest BCUT2D eigenvalue weighted by molar-refractivity contribution is 7.93. The van der Waals surface area contributed by atoms with Crippen LogP contribution in [0.4, 0.5) is 11.5 Å². The maximum Gasteiger partial charge on any atom is 0.343 e. The molecule has 2 aliphatic rings. The predicted octanol–water partition coefficient (Wildman–Crippen LogP) is 5.33. The zero-order valence-corrected chi connectivity index (χ0v) is 24.2. The molecule has 1 aliphatic heterocycles. The number of aromatic nitrogens is 2. The Balaban J connectivity index is 1.47. The van der Waals surface area contributed by atoms with Crippen molar-refractivity contribution in [2.45, 2.75) is 70.9 Å². The molecule has 0 atom stereocenters. The number of benzene rings is 2. The van der Waals surface area contributed by atoms with Crippen molar-refractivity contribution < 1.29 is 22.7 Å². The molecule has 1 amide bonds. The van der Waals surface area contributed by atoms with Gasteiger partial charge in [0.1, 0.15) is 5.56 Å². The number of nitrogens with zero attached hydrogens (tertiary/aromatic N) is 4. The number of fused-ring (bicyclic) bond motifs is 1. The number of ether oxygens (including phenoxy) is 1. The molecule has 1 fully saturated rings. The van der Waals surface area contributed by atoms with Gasteiger partial charge in [-0.3, -0.25) is 14.0 Å². The number of carbonyl (C=O) groups excluding carboxylic acids is 2. The zero-order valence-electron chi connectivity index (χ0n) is 23.4. The van der Waals surface area contributed by atoms with E-state index in [1.807, 2.05) is 26.0 Å². The summed E-state index contributed by atoms with van der Waals surface area (Å²) in [6.07, 6.45) is 5.24. The van der Waals surface area contributed by atoms with E-state index in [0.717, 1.165) is 31.2 Å². The summed E-state index contributed by atoms with van der Waals surface area (Å²) in [5.41, 5.74) is 2.13. The van der Waals surface area contributed by atoms with Crippen LogP contribution < -0.4 is 9.21 Å². The minimum Gasteiger partial charge on any atom is -0.462 e. The van der Waals surface area contributed by atoms with Gasteiger partial charge in [0, 0.05) is 18.2 Å². The molecule has 2 aromatic carbocycles. The lowest BCUT2D eigenvalue weighted by atomic mass is 9.82. The third-order valence-corrected chi connectivity index (χ3v) is 9.67. The minimum absolute atomic E-state index is 0.0214. The lowest BCUT2D eigenvalue weighted by molar-refractivity contribution is -0.124. The minimum atomic E-state index is -3.64. The van der Waals surface area contributed by atoms with Crippen LogP contribution in [0.3, 0.4) is 0 Å². The number of hydrogen-bond acceptors (Lipinski definition) is 6. The second kappa shape index (κ2) is 11.1. The van der Waals surface area contributed by atoms with Crippen molar-refractivity contribution in [1.29, 1.82) is 0 Å². The van der Waals surface area contributed by atoms with Crippen molar-refractivity contribution in [3.8, 4) is 5.69 Å². The quantitative estimate of drug-likeness (QED) is 0.360. The second-order valence-corrected chi connectivity index (χ2v) is 12.8. The average Bonchev–Trinajstić information content (AvgIpc) is 3.48. The number of carbonyl (C=O) groups is 2. The van der Waals surface area contributed by atoms with Gasteiger partial charge in [-0.2, -0.15) is 0 Å². The molecule has 0 bridgehead atoms. The molecule has 5 rings (SSSR count). The van der Waals surface area contributed by atoms with Crippen LogP contribution in [0.25, 0.3) is 5.69 Å². The molecular weight excluding hydrogens is 528 g/mol. The lowest BCUT2D eigenvalue weighted by Crippen LogP contribution is -2.43. The fraction of sp³-hybridized carbons (Fsp3) is 0.433. The van der Waals surface area contributed by atoms with E-state index in [1.54, 1.807) is 59.1 Å². The highest BCUT2D eigenvalue weighted by Crippen LogP contribution is 2.36. The largest absolute Gasteiger partial charge is 0.462 e. The number of esters is 1. The molecule has 1 aromatic heterocycles. The summed E-state index contributed by atoms with van der Waals surface area (Å²) < 4.78 is 34.4. The van der Waals surface area contributed by atoms with Crippen molar-refractivity contribution in [2.75, 3.05) is 15.8 Å². The molecule has 0 unspecified atom stereocenters. The van der Waals surface area contributed by atoms with Crippen LogP contribution >= 0.6 is 0 Å². The number of rotatable bonds is 7. The molecule has 10 heteroatoms. The Morgan fingerprint density at radius 2 is 1.68 bits per heavy atom. The summed E-state index contributed by atoms with van der Waals surface area (Å²) in [7, 11) is -3.64. The molecule has 3 aromatic rings. The van der Waals surface area contributed by atoms with Crippen molar-refractivity contribution >= 4 is 33.4 Å². The summed E-state index contributed by atoms with van der Waals surface area (Å²) in [4.78, 5) is 28.7. The molecule has 40 heavy (non-hydrogen) atoms. The molecule has 1 aliphatic carbocycles. The van der Waals surface area contributed by atoms with Crippen LogP contribution in [-0.4, -0.2) is 42.7 Å². The fourth-order valence-electron chi connectivity index (χ4n) is 5.58. The molecule has 1 saturated carbocycles. The first kappa shape index (κ1) is 27.9. The van der Waals surface area contributed by atoms with Crippen LogP contribution in [0.15, 0.2) is 59.6 Å². The van der Waals surface area contributed by atoms with Gasteiger partial charge in [-0.05, 0) is 88.3 Å². The summed E-state index contributed by atoms with van der Waals surface area (Å²) >= 11 is 0. The highest BCUT2D eigenvalue weighted by atomic mass is 32.2. The maximum absolute atomic E-state index is 13.7. The number of sulfonamides is 1. The normalized spacial score (nSPS) is 19.9. The Kier molecular flexibility index (Phi) is 7.72. The first-order valence-corrected chi connectivity index (χ1v) is 15.4. The van der Waals surface area contributed by atoms with Crippen LogP contribution in [0.1, 0.15) is 69.3 Å². The molecule has 2 heterocycles. The number of anilines is 2. The van der Waals surface area contributed by atoms with Gasteiger partial charge in [-0.1, -0.05) is 25.1 Å². The standard InChI is InChI=1S/C30H36N4O5S/c1-5-39-30(36)26-19-32(31-28(26)34(20(2)3)29(35)22-12-10-21(4)11-13-22)24-14-16-25(17-15-24)33-18-23-8-6-7-9-27(23)40(33,37)38/h6-9,14-17,19-22H,5,10-13,18H2,1-4H3/t21-,22-. The first-order chi connectivity index (χ1) is 19.1. The Bertz CT molecular complexity index is 1510. The fourth-order valence-corrected chi connectivity index (χ4v) is 7.24. The van der Waals surface area contributed by atoms with E-state index < -0.39 is 16.0 Å². The molecule has 0 N–H and O–H groups in total. The van der Waals surface area contributed by atoms with Crippen LogP contribution in [-0.2, 0) is 26.1 Å². The summed E-state index contributed by atoms with van der Waals surface area (Å²) in [5.74, 6) is 0.214. The topological polar surface area (TPSA) is 102 Å². The Morgan fingerprint density at radius 3 is 2.30 bits per heavy atom. The Hall–Kier alpha value is -3.66. The van der Waals surface area contributed by atoms with Gasteiger partial charge in [0.25, 0.3) is 10.0 Å². The molecular formula is C30H36N4O5S. The molecule has 0 radical (unpaired) electrons. The van der Waals surface area contributed by atoms with E-state index in [1.165, 1.54) is 4.31 Å². The summed E-state index contributed by atoms with van der Waals surface area (Å²) in [5, 5.41) is 4.71. The number of amides is 1. The Labute approximate surface area is 235 Å². The van der Waals surface area contributed by atoms with Gasteiger partial charge in [0.05, 0.1) is 29.4 Å². The van der Waals surface area contributed by atoms with E-state index in [4.69, 9.17) is 9.84 Å². The van der Waals surface area contributed by atoms with Gasteiger partial charge >= 0.3 is 5.97 Å². The SMILES string of the molecule is CCOC(=O)c1cn(-c2ccc(N3Cc4ccccc4S3(=O)=O)cc2)nc1N(C(=O)[C@H]1CC[C@H](C)CC1)C(C)C. The highest BCUT2D eigenvalue weighted by Gasteiger charge is 2.36. The lowest BCUT2D eigenvalue weighted by Gasteiger charge is -2.32. The summed E-state index contributed by atoms with van der Waals surface area (Å²) in [6.45, 7) is 8.25. The van der Waals surface area contributed by atoms with E-state index in [2.05, 4.69) is 6.92 Å². The molecule has 0 spiro atoms. The van der Waals surface area contributed by atoms with Crippen molar-refractivity contribution in [1.82, 2.24) is 9.78 Å². The zero-order chi connectivity index (χ0) is 28.6. The summed E-state index contributed by atoms with van der Waals surface area (Å²) in [6, 6.07) is 13.7. The van der Waals surface area contributed by atoms with Gasteiger partial charge in [0.2, 0.25) is 5.91 Å². The van der Waals surface area contributed by atoms with Gasteiger partial charge in [-0.15, -0.1) is 5.10 Å². The van der Waals surface area contributed by atoms with E-state index >= 15 is 0 Å². The van der Waals surface area contributed by atoms with Crippen molar-refractivity contribution in [3.05, 3.63) is 65.9 Å². The number of hydrogen-bond donors (Lipinski definition) is 0. The van der Waals surface area contributed by atoms with Crippen molar-refractivity contribution in [3.63, 3.8) is 0 Å². The molecule has 212 valence electrons. The van der Waals surface area contributed by atoms with Crippen LogP contribution in [0.5, 0.6) is 0 Å².